The molecule has 0 saturated carbocycles. The molecule has 3 amide bonds. The highest BCUT2D eigenvalue weighted by molar-refractivity contribution is 7.17. The van der Waals surface area contributed by atoms with Crippen LogP contribution in [0.3, 0.4) is 0 Å². The summed E-state index contributed by atoms with van der Waals surface area (Å²) in [7, 11) is 0. The van der Waals surface area contributed by atoms with Crippen LogP contribution in [0.4, 0.5) is 14.9 Å². The van der Waals surface area contributed by atoms with Crippen LogP contribution >= 0.6 is 22.7 Å². The van der Waals surface area contributed by atoms with Gasteiger partial charge in [-0.2, -0.15) is 0 Å². The number of thiophene rings is 1. The van der Waals surface area contributed by atoms with Crippen molar-refractivity contribution in [1.82, 2.24) is 10.3 Å². The van der Waals surface area contributed by atoms with E-state index >= 15 is 0 Å². The van der Waals surface area contributed by atoms with Gasteiger partial charge in [-0.05, 0) is 30.4 Å². The van der Waals surface area contributed by atoms with Gasteiger partial charge < -0.3 is 5.32 Å². The molecule has 3 heterocycles. The van der Waals surface area contributed by atoms with Crippen molar-refractivity contribution in [3.05, 3.63) is 28.1 Å². The summed E-state index contributed by atoms with van der Waals surface area (Å²) in [5.74, 6) is -0.110. The van der Waals surface area contributed by atoms with Crippen LogP contribution in [0, 0.1) is 0 Å². The Morgan fingerprint density at radius 1 is 1.40 bits per heavy atom. The van der Waals surface area contributed by atoms with E-state index in [1.807, 2.05) is 17.5 Å². The number of carbonyl (C=O) groups excluding carboxylic acids is 2. The summed E-state index contributed by atoms with van der Waals surface area (Å²) in [6.45, 7) is 0.670. The molecule has 0 fully saturated rings. The van der Waals surface area contributed by atoms with Crippen molar-refractivity contribution in [1.29, 1.82) is 0 Å². The van der Waals surface area contributed by atoms with Crippen molar-refractivity contribution in [2.24, 2.45) is 0 Å². The third-order valence-corrected chi connectivity index (χ3v) is 4.55. The Bertz CT molecular complexity index is 636. The Balaban J connectivity index is 1.70. The molecule has 3 N–H and O–H groups in total. The second kappa shape index (κ2) is 5.59. The lowest BCUT2D eigenvalue weighted by molar-refractivity contribution is 0.0960. The van der Waals surface area contributed by atoms with Crippen molar-refractivity contribution < 1.29 is 9.59 Å². The number of hydrogen-bond donors (Lipinski definition) is 3. The molecular weight excluding hydrogens is 296 g/mol. The smallest absolute Gasteiger partial charge is 0.326 e. The lowest BCUT2D eigenvalue weighted by atomic mass is 10.2. The van der Waals surface area contributed by atoms with Crippen molar-refractivity contribution in [3.63, 3.8) is 0 Å². The number of nitrogens with one attached hydrogen (secondary N) is 3. The third-order valence-electron chi connectivity index (χ3n) is 2.76. The Morgan fingerprint density at radius 2 is 2.30 bits per heavy atom. The van der Waals surface area contributed by atoms with Gasteiger partial charge in [0.1, 0.15) is 4.88 Å². The number of nitrogens with zero attached hydrogens (tertiary/aromatic N) is 1. The minimum atomic E-state index is -0.350. The first-order chi connectivity index (χ1) is 9.72. The second-order valence-electron chi connectivity index (χ2n) is 4.21. The molecule has 8 heteroatoms. The molecule has 0 atom stereocenters. The lowest BCUT2D eigenvalue weighted by Gasteiger charge is -2.02. The van der Waals surface area contributed by atoms with Crippen LogP contribution in [0.15, 0.2) is 17.5 Å². The highest BCUT2D eigenvalue weighted by atomic mass is 32.1. The number of aromatic nitrogens is 1. The molecule has 0 spiro atoms. The van der Waals surface area contributed by atoms with E-state index < -0.39 is 0 Å². The first-order valence-electron chi connectivity index (χ1n) is 6.12. The summed E-state index contributed by atoms with van der Waals surface area (Å²) in [6.07, 6.45) is 1.61. The first-order valence-corrected chi connectivity index (χ1v) is 7.81. The fourth-order valence-corrected chi connectivity index (χ4v) is 3.42. The van der Waals surface area contributed by atoms with Gasteiger partial charge in [-0.3, -0.25) is 15.4 Å². The SMILES string of the molecule is O=C(Nc1cccs1)Nc1nc2c(s1)C(=O)NCCC2. The lowest BCUT2D eigenvalue weighted by Crippen LogP contribution is -2.21. The molecule has 2 aromatic rings. The van der Waals surface area contributed by atoms with Crippen LogP contribution in [0.2, 0.25) is 0 Å². The number of fused-ring (bicyclic) bond motifs is 1. The highest BCUT2D eigenvalue weighted by Crippen LogP contribution is 2.25. The Morgan fingerprint density at radius 3 is 3.10 bits per heavy atom. The topological polar surface area (TPSA) is 83.1 Å². The molecule has 0 aromatic carbocycles. The fraction of sp³-hybridized carbons (Fsp3) is 0.250. The summed E-state index contributed by atoms with van der Waals surface area (Å²) >= 11 is 2.65. The molecule has 3 rings (SSSR count). The molecule has 0 saturated heterocycles. The van der Waals surface area contributed by atoms with Gasteiger partial charge in [0, 0.05) is 6.54 Å². The van der Waals surface area contributed by atoms with Gasteiger partial charge in [0.15, 0.2) is 5.13 Å². The van der Waals surface area contributed by atoms with E-state index in [-0.39, 0.29) is 11.9 Å². The quantitative estimate of drug-likeness (QED) is 0.797. The molecular formula is C12H12N4O2S2. The maximum atomic E-state index is 11.8. The van der Waals surface area contributed by atoms with Crippen molar-refractivity contribution in [3.8, 4) is 0 Å². The largest absolute Gasteiger partial charge is 0.351 e. The zero-order chi connectivity index (χ0) is 13.9. The summed E-state index contributed by atoms with van der Waals surface area (Å²) < 4.78 is 0. The van der Waals surface area contributed by atoms with E-state index in [1.165, 1.54) is 22.7 Å². The normalized spacial score (nSPS) is 14.1. The van der Waals surface area contributed by atoms with Crippen LogP contribution in [-0.2, 0) is 6.42 Å². The number of anilines is 2. The summed E-state index contributed by atoms with van der Waals surface area (Å²) in [4.78, 5) is 28.5. The minimum absolute atomic E-state index is 0.110. The second-order valence-corrected chi connectivity index (χ2v) is 6.16. The van der Waals surface area contributed by atoms with Gasteiger partial charge in [0.25, 0.3) is 5.91 Å². The summed E-state index contributed by atoms with van der Waals surface area (Å²) in [5.41, 5.74) is 0.761. The standard InChI is InChI=1S/C12H12N4O2S2/c17-10-9-7(3-1-5-13-10)14-12(20-9)16-11(18)15-8-4-2-6-19-8/h2,4,6H,1,3,5H2,(H,13,17)(H2,14,15,16,18). The molecule has 0 radical (unpaired) electrons. The van der Waals surface area contributed by atoms with Crippen molar-refractivity contribution in [2.75, 3.05) is 17.2 Å². The first kappa shape index (κ1) is 13.1. The number of thiazole rings is 1. The predicted octanol–water partition coefficient (Wildman–Crippen LogP) is 2.52. The number of urea groups is 1. The molecule has 0 bridgehead atoms. The Kier molecular flexibility index (Phi) is 3.66. The summed E-state index contributed by atoms with van der Waals surface area (Å²) in [5, 5.41) is 11.3. The molecule has 20 heavy (non-hydrogen) atoms. The van der Waals surface area contributed by atoms with E-state index in [0.29, 0.717) is 16.6 Å². The minimum Gasteiger partial charge on any atom is -0.351 e. The molecule has 104 valence electrons. The zero-order valence-electron chi connectivity index (χ0n) is 10.4. The van der Waals surface area contributed by atoms with E-state index in [4.69, 9.17) is 0 Å². The average Bonchev–Trinajstić information content (AvgIpc) is 3.01. The van der Waals surface area contributed by atoms with E-state index in [2.05, 4.69) is 20.9 Å². The molecule has 0 aliphatic carbocycles. The van der Waals surface area contributed by atoms with Gasteiger partial charge in [-0.25, -0.2) is 9.78 Å². The van der Waals surface area contributed by atoms with Gasteiger partial charge in [0.2, 0.25) is 0 Å². The maximum Gasteiger partial charge on any atom is 0.326 e. The third kappa shape index (κ3) is 2.81. The predicted molar refractivity (Wildman–Crippen MR) is 79.7 cm³/mol. The molecule has 0 unspecified atom stereocenters. The fourth-order valence-electron chi connectivity index (χ4n) is 1.88. The Hall–Kier alpha value is -1.93. The zero-order valence-corrected chi connectivity index (χ0v) is 12.1. The van der Waals surface area contributed by atoms with E-state index in [9.17, 15) is 9.59 Å². The van der Waals surface area contributed by atoms with Crippen LogP contribution in [-0.4, -0.2) is 23.5 Å². The van der Waals surface area contributed by atoms with Crippen LogP contribution in [0.1, 0.15) is 21.8 Å². The molecule has 6 nitrogen and oxygen atoms in total. The summed E-state index contributed by atoms with van der Waals surface area (Å²) in [6, 6.07) is 3.32. The van der Waals surface area contributed by atoms with E-state index in [0.717, 1.165) is 23.5 Å². The number of rotatable bonds is 2. The van der Waals surface area contributed by atoms with E-state index in [1.54, 1.807) is 0 Å². The van der Waals surface area contributed by atoms with Gasteiger partial charge in [-0.1, -0.05) is 11.3 Å². The maximum absolute atomic E-state index is 11.8. The molecule has 2 aromatic heterocycles. The van der Waals surface area contributed by atoms with Crippen molar-refractivity contribution in [2.45, 2.75) is 12.8 Å². The molecule has 1 aliphatic rings. The van der Waals surface area contributed by atoms with Crippen LogP contribution in [0.25, 0.3) is 0 Å². The van der Waals surface area contributed by atoms with Gasteiger partial charge in [0.05, 0.1) is 10.7 Å². The average molecular weight is 308 g/mol. The monoisotopic (exact) mass is 308 g/mol. The van der Waals surface area contributed by atoms with Gasteiger partial charge in [-0.15, -0.1) is 11.3 Å². The van der Waals surface area contributed by atoms with Gasteiger partial charge >= 0.3 is 6.03 Å². The number of amides is 3. The van der Waals surface area contributed by atoms with Crippen molar-refractivity contribution >= 4 is 44.7 Å². The number of aryl methyl sites for hydroxylation is 1. The Labute approximate surface area is 123 Å². The molecule has 1 aliphatic heterocycles. The highest BCUT2D eigenvalue weighted by Gasteiger charge is 2.21. The number of carbonyl (C=O) groups is 2. The van der Waals surface area contributed by atoms with Crippen LogP contribution < -0.4 is 16.0 Å². The van der Waals surface area contributed by atoms with Crippen LogP contribution in [0.5, 0.6) is 0 Å². The number of hydrogen-bond acceptors (Lipinski definition) is 5.